The van der Waals surface area contributed by atoms with E-state index in [1.807, 2.05) is 18.2 Å². The molecule has 108 valence electrons. The number of hydrogen-bond donors (Lipinski definition) is 2. The van der Waals surface area contributed by atoms with E-state index in [1.54, 1.807) is 23.1 Å². The number of benzene rings is 1. The number of hydrogen-bond acceptors (Lipinski definition) is 6. The molecule has 0 fully saturated rings. The molecule has 4 nitrogen and oxygen atoms in total. The van der Waals surface area contributed by atoms with Crippen LogP contribution in [0.4, 0.5) is 5.95 Å². The number of aryl methyl sites for hydroxylation is 1. The molecule has 0 saturated heterocycles. The average molecular weight is 381 g/mol. The summed E-state index contributed by atoms with van der Waals surface area (Å²) in [4.78, 5) is 12.3. The summed E-state index contributed by atoms with van der Waals surface area (Å²) in [7, 11) is 0. The van der Waals surface area contributed by atoms with Gasteiger partial charge in [-0.05, 0) is 40.5 Å². The highest BCUT2D eigenvalue weighted by Crippen LogP contribution is 2.38. The van der Waals surface area contributed by atoms with Crippen molar-refractivity contribution in [3.63, 3.8) is 0 Å². The molecule has 2 aromatic heterocycles. The van der Waals surface area contributed by atoms with E-state index >= 15 is 0 Å². The smallest absolute Gasteiger partial charge is 0.239 e. The first-order valence-corrected chi connectivity index (χ1v) is 8.83. The summed E-state index contributed by atoms with van der Waals surface area (Å²) in [6, 6.07) is 10.3. The van der Waals surface area contributed by atoms with Crippen molar-refractivity contribution in [1.29, 1.82) is 0 Å². The molecule has 1 aromatic carbocycles. The van der Waals surface area contributed by atoms with E-state index in [9.17, 15) is 0 Å². The van der Waals surface area contributed by atoms with Gasteiger partial charge in [0, 0.05) is 19.6 Å². The molecule has 3 rings (SSSR count). The van der Waals surface area contributed by atoms with Gasteiger partial charge in [-0.2, -0.15) is 0 Å². The molecular weight excluding hydrogens is 368 g/mol. The van der Waals surface area contributed by atoms with Crippen molar-refractivity contribution < 1.29 is 0 Å². The van der Waals surface area contributed by atoms with Crippen molar-refractivity contribution in [2.75, 3.05) is 5.43 Å². The summed E-state index contributed by atoms with van der Waals surface area (Å²) in [5.41, 5.74) is 2.55. The van der Waals surface area contributed by atoms with Crippen LogP contribution in [0.2, 0.25) is 0 Å². The molecule has 0 saturated carbocycles. The van der Waals surface area contributed by atoms with Gasteiger partial charge < -0.3 is 0 Å². The SMILES string of the molecule is CCc1cc2c(Sc3ccccc3Br)nc(NN)nc2s1. The van der Waals surface area contributed by atoms with E-state index in [0.717, 1.165) is 31.0 Å². The Hall–Kier alpha value is -1.15. The van der Waals surface area contributed by atoms with Gasteiger partial charge in [-0.15, -0.1) is 11.3 Å². The van der Waals surface area contributed by atoms with Gasteiger partial charge in [0.2, 0.25) is 5.95 Å². The lowest BCUT2D eigenvalue weighted by molar-refractivity contribution is 1.07. The molecule has 0 spiro atoms. The van der Waals surface area contributed by atoms with Crippen LogP contribution in [0.1, 0.15) is 11.8 Å². The summed E-state index contributed by atoms with van der Waals surface area (Å²) in [6.45, 7) is 2.14. The van der Waals surface area contributed by atoms with E-state index in [-0.39, 0.29) is 0 Å². The van der Waals surface area contributed by atoms with Gasteiger partial charge in [0.1, 0.15) is 9.86 Å². The predicted octanol–water partition coefficient (Wildman–Crippen LogP) is 4.45. The zero-order valence-electron chi connectivity index (χ0n) is 11.3. The van der Waals surface area contributed by atoms with Gasteiger partial charge >= 0.3 is 0 Å². The second-order valence-corrected chi connectivity index (χ2v) is 7.31. The van der Waals surface area contributed by atoms with E-state index in [4.69, 9.17) is 5.84 Å². The standard InChI is InChI=1S/C14H13BrN4S2/c1-2-8-7-9-12(20-8)17-14(19-16)18-13(9)21-11-6-4-3-5-10(11)15/h3-7H,2,16H2,1H3,(H,17,18,19). The summed E-state index contributed by atoms with van der Waals surface area (Å²) in [5.74, 6) is 5.93. The lowest BCUT2D eigenvalue weighted by Gasteiger charge is -2.06. The van der Waals surface area contributed by atoms with Crippen LogP contribution < -0.4 is 11.3 Å². The van der Waals surface area contributed by atoms with Crippen molar-refractivity contribution in [1.82, 2.24) is 9.97 Å². The molecular formula is C14H13BrN4S2. The maximum atomic E-state index is 5.48. The summed E-state index contributed by atoms with van der Waals surface area (Å²) < 4.78 is 1.05. The summed E-state index contributed by atoms with van der Waals surface area (Å²) >= 11 is 6.86. The molecule has 0 unspecified atom stereocenters. The van der Waals surface area contributed by atoms with Crippen molar-refractivity contribution in [3.05, 3.63) is 39.7 Å². The van der Waals surface area contributed by atoms with Gasteiger partial charge in [0.05, 0.1) is 0 Å². The van der Waals surface area contributed by atoms with Crippen molar-refractivity contribution >= 4 is 55.2 Å². The minimum atomic E-state index is 0.446. The van der Waals surface area contributed by atoms with Crippen LogP contribution in [0.15, 0.2) is 44.7 Å². The Kier molecular flexibility index (Phi) is 4.44. The number of hydrazine groups is 1. The van der Waals surface area contributed by atoms with Crippen molar-refractivity contribution in [2.24, 2.45) is 5.84 Å². The molecule has 0 atom stereocenters. The number of nitrogens with zero attached hydrogens (tertiary/aromatic N) is 2. The molecule has 0 aliphatic heterocycles. The Bertz CT molecular complexity index is 788. The zero-order valence-corrected chi connectivity index (χ0v) is 14.5. The fourth-order valence-electron chi connectivity index (χ4n) is 1.89. The van der Waals surface area contributed by atoms with E-state index in [1.165, 1.54) is 4.88 Å². The third-order valence-corrected chi connectivity index (χ3v) is 6.14. The molecule has 0 aliphatic carbocycles. The molecule has 21 heavy (non-hydrogen) atoms. The second kappa shape index (κ2) is 6.31. The van der Waals surface area contributed by atoms with Gasteiger partial charge in [0.25, 0.3) is 0 Å². The highest BCUT2D eigenvalue weighted by molar-refractivity contribution is 9.10. The molecule has 0 aliphatic rings. The Morgan fingerprint density at radius 3 is 2.86 bits per heavy atom. The van der Waals surface area contributed by atoms with Crippen LogP contribution in [0.3, 0.4) is 0 Å². The first kappa shape index (κ1) is 14.8. The lowest BCUT2D eigenvalue weighted by Crippen LogP contribution is -2.10. The van der Waals surface area contributed by atoms with E-state index < -0.39 is 0 Å². The third-order valence-electron chi connectivity index (χ3n) is 2.93. The van der Waals surface area contributed by atoms with Crippen molar-refractivity contribution in [3.8, 4) is 0 Å². The molecule has 3 aromatic rings. The summed E-state index contributed by atoms with van der Waals surface area (Å²) in [6.07, 6.45) is 0.992. The highest BCUT2D eigenvalue weighted by atomic mass is 79.9. The van der Waals surface area contributed by atoms with E-state index in [2.05, 4.69) is 50.4 Å². The van der Waals surface area contributed by atoms with Gasteiger partial charge in [-0.3, -0.25) is 5.43 Å². The minimum Gasteiger partial charge on any atom is -0.292 e. The maximum Gasteiger partial charge on any atom is 0.239 e. The van der Waals surface area contributed by atoms with Crippen LogP contribution in [0.25, 0.3) is 10.2 Å². The molecule has 7 heteroatoms. The molecule has 3 N–H and O–H groups in total. The first-order valence-electron chi connectivity index (χ1n) is 6.40. The molecule has 0 radical (unpaired) electrons. The Morgan fingerprint density at radius 2 is 2.14 bits per heavy atom. The third kappa shape index (κ3) is 3.06. The quantitative estimate of drug-likeness (QED) is 0.397. The van der Waals surface area contributed by atoms with Crippen LogP contribution >= 0.6 is 39.0 Å². The topological polar surface area (TPSA) is 63.8 Å². The predicted molar refractivity (Wildman–Crippen MR) is 92.9 cm³/mol. The first-order chi connectivity index (χ1) is 10.2. The fraction of sp³-hybridized carbons (Fsp3) is 0.143. The second-order valence-electron chi connectivity index (χ2n) is 4.31. The fourth-order valence-corrected chi connectivity index (χ4v) is 4.37. The Labute approximate surface area is 139 Å². The van der Waals surface area contributed by atoms with Gasteiger partial charge in [0.15, 0.2) is 0 Å². The maximum absolute atomic E-state index is 5.48. The van der Waals surface area contributed by atoms with Gasteiger partial charge in [-0.1, -0.05) is 30.8 Å². The number of nitrogens with two attached hydrogens (primary N) is 1. The van der Waals surface area contributed by atoms with Crippen LogP contribution in [-0.2, 0) is 6.42 Å². The molecule has 2 heterocycles. The largest absolute Gasteiger partial charge is 0.292 e. The van der Waals surface area contributed by atoms with Crippen LogP contribution in [-0.4, -0.2) is 9.97 Å². The normalized spacial score (nSPS) is 11.0. The lowest BCUT2D eigenvalue weighted by atomic mass is 10.3. The molecule has 0 bridgehead atoms. The average Bonchev–Trinajstić information content (AvgIpc) is 2.92. The number of anilines is 1. The monoisotopic (exact) mass is 380 g/mol. The number of nitrogen functional groups attached to an aromatic ring is 1. The molecule has 0 amide bonds. The van der Waals surface area contributed by atoms with Gasteiger partial charge in [-0.25, -0.2) is 15.8 Å². The number of rotatable bonds is 4. The highest BCUT2D eigenvalue weighted by Gasteiger charge is 2.13. The number of fused-ring (bicyclic) bond motifs is 1. The summed E-state index contributed by atoms with van der Waals surface area (Å²) in [5, 5.41) is 1.99. The Morgan fingerprint density at radius 1 is 1.33 bits per heavy atom. The number of halogens is 1. The van der Waals surface area contributed by atoms with Crippen molar-refractivity contribution in [2.45, 2.75) is 23.3 Å². The van der Waals surface area contributed by atoms with Crippen LogP contribution in [0, 0.1) is 0 Å². The zero-order chi connectivity index (χ0) is 14.8. The number of aromatic nitrogens is 2. The number of nitrogens with one attached hydrogen (secondary N) is 1. The van der Waals surface area contributed by atoms with Crippen LogP contribution in [0.5, 0.6) is 0 Å². The Balaban J connectivity index is 2.11. The minimum absolute atomic E-state index is 0.446. The van der Waals surface area contributed by atoms with E-state index in [0.29, 0.717) is 5.95 Å². The number of thiophene rings is 1.